The number of H-pyrrole nitrogens is 1. The molecular formula is C17H17N7. The third kappa shape index (κ3) is 2.29. The van der Waals surface area contributed by atoms with Crippen molar-refractivity contribution >= 4 is 33.6 Å². The normalized spacial score (nSPS) is 15.0. The number of nitrogens with one attached hydrogen (secondary N) is 2. The van der Waals surface area contributed by atoms with Crippen LogP contribution in [-0.4, -0.2) is 29.9 Å². The average molecular weight is 319 g/mol. The Hall–Kier alpha value is -2.96. The Morgan fingerprint density at radius 3 is 3.00 bits per heavy atom. The first kappa shape index (κ1) is 13.5. The van der Waals surface area contributed by atoms with Gasteiger partial charge in [-0.2, -0.15) is 10.2 Å². The number of aromatic nitrogens is 6. The van der Waals surface area contributed by atoms with E-state index < -0.39 is 0 Å². The SMILES string of the molecule is c1cnc2c(Nc3ccc4nn(CC5CCC5)cc4c3)n[nH]c2n1. The molecule has 1 aromatic carbocycles. The summed E-state index contributed by atoms with van der Waals surface area (Å²) in [5.41, 5.74) is 3.39. The first-order valence-electron chi connectivity index (χ1n) is 8.24. The van der Waals surface area contributed by atoms with E-state index in [2.05, 4.69) is 47.5 Å². The highest BCUT2D eigenvalue weighted by Gasteiger charge is 2.18. The standard InChI is InChI=1S/C17H17N7/c1-2-11(3-1)9-24-10-12-8-13(4-5-14(12)23-24)20-17-15-16(21-22-17)19-7-6-18-15/h4-8,10-11H,1-3,9H2,(H2,19,20,21,22). The number of benzene rings is 1. The first-order chi connectivity index (χ1) is 11.8. The van der Waals surface area contributed by atoms with Crippen LogP contribution in [0.4, 0.5) is 11.5 Å². The van der Waals surface area contributed by atoms with Gasteiger partial charge in [-0.15, -0.1) is 0 Å². The molecule has 1 aliphatic rings. The highest BCUT2D eigenvalue weighted by Crippen LogP contribution is 2.29. The maximum atomic E-state index is 4.67. The fraction of sp³-hybridized carbons (Fsp3) is 0.294. The number of aromatic amines is 1. The van der Waals surface area contributed by atoms with E-state index in [-0.39, 0.29) is 0 Å². The Bertz CT molecular complexity index is 1010. The van der Waals surface area contributed by atoms with E-state index in [1.165, 1.54) is 19.3 Å². The van der Waals surface area contributed by atoms with Gasteiger partial charge in [0.25, 0.3) is 0 Å². The molecule has 1 saturated carbocycles. The molecule has 3 aromatic heterocycles. The molecule has 3 heterocycles. The van der Waals surface area contributed by atoms with E-state index in [4.69, 9.17) is 0 Å². The third-order valence-electron chi connectivity index (χ3n) is 4.68. The van der Waals surface area contributed by atoms with Crippen LogP contribution in [0.3, 0.4) is 0 Å². The molecule has 7 nitrogen and oxygen atoms in total. The molecule has 2 N–H and O–H groups in total. The molecule has 4 aromatic rings. The molecule has 7 heteroatoms. The Morgan fingerprint density at radius 2 is 2.12 bits per heavy atom. The second-order valence-corrected chi connectivity index (χ2v) is 6.37. The van der Waals surface area contributed by atoms with Crippen LogP contribution in [0.1, 0.15) is 19.3 Å². The zero-order valence-corrected chi connectivity index (χ0v) is 13.1. The minimum absolute atomic E-state index is 0.675. The van der Waals surface area contributed by atoms with E-state index in [0.29, 0.717) is 11.5 Å². The Labute approximate surface area is 138 Å². The van der Waals surface area contributed by atoms with Crippen molar-refractivity contribution in [3.63, 3.8) is 0 Å². The molecule has 1 fully saturated rings. The van der Waals surface area contributed by atoms with Gasteiger partial charge in [-0.25, -0.2) is 9.97 Å². The summed E-state index contributed by atoms with van der Waals surface area (Å²) in [6, 6.07) is 6.14. The van der Waals surface area contributed by atoms with Crippen LogP contribution in [0.25, 0.3) is 22.1 Å². The van der Waals surface area contributed by atoms with Gasteiger partial charge in [-0.3, -0.25) is 9.78 Å². The summed E-state index contributed by atoms with van der Waals surface area (Å²) >= 11 is 0. The third-order valence-corrected chi connectivity index (χ3v) is 4.68. The molecule has 0 spiro atoms. The summed E-state index contributed by atoms with van der Waals surface area (Å²) in [7, 11) is 0. The summed E-state index contributed by atoms with van der Waals surface area (Å²) in [6.45, 7) is 1.02. The van der Waals surface area contributed by atoms with Crippen molar-refractivity contribution in [2.75, 3.05) is 5.32 Å². The molecule has 0 bridgehead atoms. The highest BCUT2D eigenvalue weighted by atomic mass is 15.3. The average Bonchev–Trinajstić information content (AvgIpc) is 3.15. The Kier molecular flexibility index (Phi) is 2.97. The van der Waals surface area contributed by atoms with Crippen molar-refractivity contribution in [1.29, 1.82) is 0 Å². The van der Waals surface area contributed by atoms with Crippen molar-refractivity contribution in [2.45, 2.75) is 25.8 Å². The lowest BCUT2D eigenvalue weighted by Crippen LogP contribution is -2.18. The number of hydrogen-bond acceptors (Lipinski definition) is 5. The predicted molar refractivity (Wildman–Crippen MR) is 92.0 cm³/mol. The summed E-state index contributed by atoms with van der Waals surface area (Å²) in [5.74, 6) is 1.48. The predicted octanol–water partition coefficient (Wildman–Crippen LogP) is 3.25. The van der Waals surface area contributed by atoms with Crippen LogP contribution < -0.4 is 5.32 Å². The van der Waals surface area contributed by atoms with Crippen molar-refractivity contribution in [3.8, 4) is 0 Å². The number of hydrogen-bond donors (Lipinski definition) is 2. The number of rotatable bonds is 4. The van der Waals surface area contributed by atoms with Crippen molar-refractivity contribution in [2.24, 2.45) is 5.92 Å². The number of fused-ring (bicyclic) bond motifs is 2. The topological polar surface area (TPSA) is 84.3 Å². The van der Waals surface area contributed by atoms with Gasteiger partial charge < -0.3 is 5.32 Å². The summed E-state index contributed by atoms with van der Waals surface area (Å²) in [6.07, 6.45) is 9.46. The molecule has 0 amide bonds. The van der Waals surface area contributed by atoms with Gasteiger partial charge in [0.1, 0.15) is 0 Å². The summed E-state index contributed by atoms with van der Waals surface area (Å²) in [5, 5.41) is 16.2. The summed E-state index contributed by atoms with van der Waals surface area (Å²) < 4.78 is 2.08. The van der Waals surface area contributed by atoms with E-state index in [0.717, 1.165) is 34.6 Å². The number of anilines is 2. The van der Waals surface area contributed by atoms with E-state index in [1.807, 2.05) is 12.1 Å². The fourth-order valence-electron chi connectivity index (χ4n) is 3.17. The van der Waals surface area contributed by atoms with Crippen LogP contribution in [0, 0.1) is 5.92 Å². The molecule has 5 rings (SSSR count). The monoisotopic (exact) mass is 319 g/mol. The second-order valence-electron chi connectivity index (χ2n) is 6.37. The Morgan fingerprint density at radius 1 is 1.21 bits per heavy atom. The van der Waals surface area contributed by atoms with Crippen molar-refractivity contribution < 1.29 is 0 Å². The van der Waals surface area contributed by atoms with E-state index in [9.17, 15) is 0 Å². The molecule has 1 aliphatic carbocycles. The van der Waals surface area contributed by atoms with Gasteiger partial charge in [0.2, 0.25) is 0 Å². The van der Waals surface area contributed by atoms with Crippen molar-refractivity contribution in [3.05, 3.63) is 36.8 Å². The summed E-state index contributed by atoms with van der Waals surface area (Å²) in [4.78, 5) is 8.52. The van der Waals surface area contributed by atoms with Gasteiger partial charge in [0.05, 0.1) is 5.52 Å². The van der Waals surface area contributed by atoms with E-state index in [1.54, 1.807) is 12.4 Å². The molecule has 24 heavy (non-hydrogen) atoms. The molecule has 120 valence electrons. The quantitative estimate of drug-likeness (QED) is 0.603. The zero-order valence-electron chi connectivity index (χ0n) is 13.1. The second kappa shape index (κ2) is 5.30. The zero-order chi connectivity index (χ0) is 15.9. The van der Waals surface area contributed by atoms with Gasteiger partial charge in [0, 0.05) is 36.2 Å². The van der Waals surface area contributed by atoms with Gasteiger partial charge >= 0.3 is 0 Å². The lowest BCUT2D eigenvalue weighted by molar-refractivity contribution is 0.267. The number of nitrogens with zero attached hydrogens (tertiary/aromatic N) is 5. The van der Waals surface area contributed by atoms with Gasteiger partial charge in [-0.05, 0) is 37.0 Å². The van der Waals surface area contributed by atoms with Crippen LogP contribution in [0.15, 0.2) is 36.8 Å². The molecule has 0 atom stereocenters. The smallest absolute Gasteiger partial charge is 0.180 e. The van der Waals surface area contributed by atoms with Crippen molar-refractivity contribution in [1.82, 2.24) is 29.9 Å². The first-order valence-corrected chi connectivity index (χ1v) is 8.24. The minimum Gasteiger partial charge on any atom is -0.337 e. The molecule has 0 aliphatic heterocycles. The fourth-order valence-corrected chi connectivity index (χ4v) is 3.17. The Balaban J connectivity index is 1.44. The lowest BCUT2D eigenvalue weighted by Gasteiger charge is -2.24. The molecule has 0 saturated heterocycles. The minimum atomic E-state index is 0.675. The molecule has 0 unspecified atom stereocenters. The van der Waals surface area contributed by atoms with Crippen LogP contribution in [0.5, 0.6) is 0 Å². The maximum absolute atomic E-state index is 4.67. The molecule has 0 radical (unpaired) electrons. The van der Waals surface area contributed by atoms with Crippen LogP contribution in [-0.2, 0) is 6.54 Å². The van der Waals surface area contributed by atoms with Gasteiger partial charge in [0.15, 0.2) is 17.0 Å². The van der Waals surface area contributed by atoms with Gasteiger partial charge in [-0.1, -0.05) is 6.42 Å². The van der Waals surface area contributed by atoms with E-state index >= 15 is 0 Å². The maximum Gasteiger partial charge on any atom is 0.180 e. The largest absolute Gasteiger partial charge is 0.337 e. The highest BCUT2D eigenvalue weighted by molar-refractivity contribution is 5.87. The lowest BCUT2D eigenvalue weighted by atomic mass is 9.85. The van der Waals surface area contributed by atoms with Crippen LogP contribution >= 0.6 is 0 Å². The molecular weight excluding hydrogens is 302 g/mol. The van der Waals surface area contributed by atoms with Crippen LogP contribution in [0.2, 0.25) is 0 Å².